The molecule has 0 aliphatic carbocycles. The number of β-amino-alcohol motifs (C(OH)–C–C–N with tert-alkyl or cyclic N) is 1. The molecule has 14 N–H and O–H groups in total. The molecule has 2 saturated heterocycles. The minimum atomic E-state index is -2.50. The second-order valence-corrected chi connectivity index (χ2v) is 16.0. The van der Waals surface area contributed by atoms with Crippen LogP contribution in [-0.2, 0) is 40.0 Å². The van der Waals surface area contributed by atoms with Crippen molar-refractivity contribution in [3.8, 4) is 0 Å². The number of fused-ring (bicyclic) bond motifs is 2. The van der Waals surface area contributed by atoms with E-state index in [2.05, 4.69) is 36.9 Å². The maximum atomic E-state index is 13.6. The summed E-state index contributed by atoms with van der Waals surface area (Å²) in [7, 11) is 1.16. The van der Waals surface area contributed by atoms with E-state index in [1.54, 1.807) is 42.5 Å². The van der Waals surface area contributed by atoms with Crippen LogP contribution in [0.15, 0.2) is 54.6 Å². The molecule has 2 aliphatic heterocycles. The van der Waals surface area contributed by atoms with Crippen LogP contribution in [-0.4, -0.2) is 158 Å². The first-order chi connectivity index (χ1) is 30.2. The lowest BCUT2D eigenvalue weighted by Crippen LogP contribution is -2.63. The number of aromatic nitrogens is 1. The number of hydrogen-bond acceptors (Lipinski definition) is 13. The van der Waals surface area contributed by atoms with Crippen LogP contribution in [0, 0.1) is 0 Å². The van der Waals surface area contributed by atoms with Gasteiger partial charge in [-0.05, 0) is 29.7 Å². The average molecular weight is 912 g/mol. The van der Waals surface area contributed by atoms with Crippen LogP contribution in [0.25, 0.3) is 17.0 Å². The highest BCUT2D eigenvalue weighted by Crippen LogP contribution is 2.27. The minimum absolute atomic E-state index is 0.106. The molecular formula is C41H50ClN9O13. The summed E-state index contributed by atoms with van der Waals surface area (Å²) in [6, 6.07) is 8.37. The Morgan fingerprint density at radius 3 is 2.34 bits per heavy atom. The highest BCUT2D eigenvalue weighted by atomic mass is 35.5. The van der Waals surface area contributed by atoms with Gasteiger partial charge < -0.3 is 73.1 Å². The summed E-state index contributed by atoms with van der Waals surface area (Å²) >= 11 is 6.12. The molecule has 0 saturated carbocycles. The molecule has 2 aromatic carbocycles. The van der Waals surface area contributed by atoms with Crippen LogP contribution < -0.4 is 37.6 Å². The highest BCUT2D eigenvalue weighted by molar-refractivity contribution is 6.31. The summed E-state index contributed by atoms with van der Waals surface area (Å²) in [5, 5.41) is 70.0. The van der Waals surface area contributed by atoms with Gasteiger partial charge in [-0.3, -0.25) is 38.4 Å². The predicted molar refractivity (Wildman–Crippen MR) is 226 cm³/mol. The number of aliphatic hydroxyl groups is 5. The Morgan fingerprint density at radius 2 is 1.64 bits per heavy atom. The lowest BCUT2D eigenvalue weighted by molar-refractivity contribution is -0.145. The van der Waals surface area contributed by atoms with E-state index in [1.807, 2.05) is 0 Å². The second kappa shape index (κ2) is 21.3. The lowest BCUT2D eigenvalue weighted by atomic mass is 9.95. The summed E-state index contributed by atoms with van der Waals surface area (Å²) in [5.74, 6) is -7.83. The van der Waals surface area contributed by atoms with Crippen molar-refractivity contribution < 1.29 is 63.9 Å². The van der Waals surface area contributed by atoms with E-state index in [4.69, 9.17) is 17.3 Å². The molecular weight excluding hydrogens is 862 g/mol. The summed E-state index contributed by atoms with van der Waals surface area (Å²) < 4.78 is 0. The number of aromatic amines is 1. The molecule has 64 heavy (non-hydrogen) atoms. The molecule has 1 aromatic heterocycles. The van der Waals surface area contributed by atoms with Crippen molar-refractivity contribution in [1.29, 1.82) is 0 Å². The largest absolute Gasteiger partial charge is 0.391 e. The number of halogens is 1. The van der Waals surface area contributed by atoms with Gasteiger partial charge in [0, 0.05) is 35.9 Å². The van der Waals surface area contributed by atoms with E-state index < -0.39 is 134 Å². The third-order valence-corrected chi connectivity index (χ3v) is 10.8. The highest BCUT2D eigenvalue weighted by Gasteiger charge is 2.49. The number of likely N-dealkylation sites (N-methyl/N-ethyl adjacent to an activating group) is 1. The number of aliphatic hydroxyl groups excluding tert-OH is 4. The molecule has 0 spiro atoms. The molecule has 23 heteroatoms. The van der Waals surface area contributed by atoms with Gasteiger partial charge in [0.1, 0.15) is 17.8 Å². The lowest BCUT2D eigenvalue weighted by Gasteiger charge is -2.34. The molecule has 2 fully saturated rings. The number of H-pyrrole nitrogens is 1. The smallest absolute Gasteiger partial charge is 0.265 e. The predicted octanol–water partition coefficient (Wildman–Crippen LogP) is -3.84. The van der Waals surface area contributed by atoms with E-state index in [1.165, 1.54) is 18.2 Å². The third kappa shape index (κ3) is 12.6. The first-order valence-corrected chi connectivity index (χ1v) is 20.4. The molecule has 22 nitrogen and oxygen atoms in total. The normalized spacial score (nSPS) is 26.0. The van der Waals surface area contributed by atoms with Gasteiger partial charge in [0.2, 0.25) is 35.4 Å². The van der Waals surface area contributed by atoms with Crippen LogP contribution in [0.5, 0.6) is 0 Å². The Hall–Kier alpha value is -6.43. The molecule has 0 radical (unpaired) electrons. The van der Waals surface area contributed by atoms with Gasteiger partial charge in [-0.15, -0.1) is 0 Å². The van der Waals surface area contributed by atoms with Gasteiger partial charge >= 0.3 is 0 Å². The minimum Gasteiger partial charge on any atom is -0.391 e. The zero-order chi connectivity index (χ0) is 46.9. The number of nitrogens with one attached hydrogen (secondary N) is 7. The molecule has 8 atom stereocenters. The Kier molecular flexibility index (Phi) is 16.2. The number of benzene rings is 2. The third-order valence-electron chi connectivity index (χ3n) is 10.6. The van der Waals surface area contributed by atoms with Crippen molar-refractivity contribution in [3.63, 3.8) is 0 Å². The van der Waals surface area contributed by atoms with Crippen LogP contribution in [0.4, 0.5) is 0 Å². The molecule has 5 rings (SSSR count). The summed E-state index contributed by atoms with van der Waals surface area (Å²) in [6.45, 7) is -2.02. The summed E-state index contributed by atoms with van der Waals surface area (Å²) in [6.07, 6.45) is -7.52. The van der Waals surface area contributed by atoms with Gasteiger partial charge in [0.05, 0.1) is 56.6 Å². The molecule has 3 aromatic rings. The fraction of sp³-hybridized carbons (Fsp3) is 0.415. The van der Waals surface area contributed by atoms with E-state index in [-0.39, 0.29) is 24.1 Å². The van der Waals surface area contributed by atoms with Crippen LogP contribution in [0.2, 0.25) is 5.02 Å². The van der Waals surface area contributed by atoms with Crippen LogP contribution in [0.1, 0.15) is 47.3 Å². The zero-order valence-electron chi connectivity index (χ0n) is 34.4. The topological polar surface area (TPSA) is 355 Å². The van der Waals surface area contributed by atoms with Crippen molar-refractivity contribution in [2.45, 2.75) is 80.4 Å². The van der Waals surface area contributed by atoms with Crippen molar-refractivity contribution in [2.24, 2.45) is 5.73 Å². The number of hydrogen-bond donors (Lipinski definition) is 13. The number of carbonyl (C=O) groups is 8. The fourth-order valence-corrected chi connectivity index (χ4v) is 7.39. The van der Waals surface area contributed by atoms with Gasteiger partial charge in [-0.1, -0.05) is 60.2 Å². The summed E-state index contributed by atoms with van der Waals surface area (Å²) in [4.78, 5) is 109. The van der Waals surface area contributed by atoms with Crippen LogP contribution >= 0.6 is 11.6 Å². The van der Waals surface area contributed by atoms with Crippen molar-refractivity contribution >= 4 is 75.8 Å². The van der Waals surface area contributed by atoms with Crippen LogP contribution in [0.3, 0.4) is 0 Å². The number of primary amides is 1. The van der Waals surface area contributed by atoms with Gasteiger partial charge in [-0.25, -0.2) is 0 Å². The summed E-state index contributed by atoms with van der Waals surface area (Å²) in [5.41, 5.74) is 4.35. The van der Waals surface area contributed by atoms with E-state index in [0.717, 1.165) is 17.5 Å². The SMILES string of the molecule is CN1CC(=O)NC(Cc2c(C(N)=O)[nH]c3cc(Cl)ccc23)C(=O)NCC(=O)NCC(O)CC(=O)NC(C(O)C(O)CC=Cc2ccccc2)C(O)C(=O)NC2CC(=O)NC2(O)CC1=O. The van der Waals surface area contributed by atoms with Gasteiger partial charge in [0.15, 0.2) is 11.8 Å². The maximum Gasteiger partial charge on any atom is 0.265 e. The quantitative estimate of drug-likeness (QED) is 0.103. The molecule has 8 amide bonds. The molecule has 2 aliphatic rings. The number of nitrogens with zero attached hydrogens (tertiary/aromatic N) is 1. The number of amides is 8. The van der Waals surface area contributed by atoms with E-state index in [0.29, 0.717) is 15.9 Å². The number of nitrogens with two attached hydrogens (primary N) is 1. The molecule has 344 valence electrons. The van der Waals surface area contributed by atoms with Gasteiger partial charge in [0.25, 0.3) is 11.8 Å². The first kappa shape index (κ1) is 48.6. The zero-order valence-corrected chi connectivity index (χ0v) is 35.1. The van der Waals surface area contributed by atoms with E-state index >= 15 is 0 Å². The Morgan fingerprint density at radius 1 is 0.922 bits per heavy atom. The molecule has 3 heterocycles. The van der Waals surface area contributed by atoms with Crippen molar-refractivity contribution in [2.75, 3.05) is 26.7 Å². The molecule has 8 unspecified atom stereocenters. The average Bonchev–Trinajstić information content (AvgIpc) is 3.73. The Balaban J connectivity index is 1.40. The Labute approximate surface area is 369 Å². The van der Waals surface area contributed by atoms with E-state index in [9.17, 15) is 63.9 Å². The first-order valence-electron chi connectivity index (χ1n) is 20.0. The maximum absolute atomic E-state index is 13.6. The van der Waals surface area contributed by atoms with Crippen molar-refractivity contribution in [3.05, 3.63) is 76.5 Å². The molecule has 0 bridgehead atoms. The number of rotatable bonds is 8. The Bertz CT molecular complexity index is 2290. The van der Waals surface area contributed by atoms with Gasteiger partial charge in [-0.2, -0.15) is 0 Å². The standard InChI is InChI=1S/C41H50ClN9O13/c1-51-19-32(57)46-26(14-24-23-11-10-21(42)12-25(23)47-34(24)38(43)61)39(62)45-18-31(56)44-17-22(52)13-29(54)49-35(36(59)27(53)9-5-8-20-6-3-2-4-7-20)37(60)40(63)48-28-15-30(55)50-41(28,64)16-33(51)58/h2-8,10-12,22,26-28,35-37,47,52-53,59-60,64H,9,13-19H2,1H3,(H2,43,61)(H,44,56)(H,45,62)(H,46,57)(H,48,63)(H,49,54)(H,50,55). The van der Waals surface area contributed by atoms with Crippen molar-refractivity contribution in [1.82, 2.24) is 41.8 Å². The monoisotopic (exact) mass is 911 g/mol. The second-order valence-electron chi connectivity index (χ2n) is 15.5. The fourth-order valence-electron chi connectivity index (χ4n) is 7.22. The number of carbonyl (C=O) groups excluding carboxylic acids is 8.